The number of aromatic nitrogens is 2. The minimum Gasteiger partial charge on any atom is -0.507 e. The second-order valence-corrected chi connectivity index (χ2v) is 6.22. The van der Waals surface area contributed by atoms with Crippen molar-refractivity contribution in [1.29, 1.82) is 0 Å². The summed E-state index contributed by atoms with van der Waals surface area (Å²) < 4.78 is 1.96. The number of hydrogen-bond acceptors (Lipinski definition) is 3. The van der Waals surface area contributed by atoms with Crippen LogP contribution in [0.1, 0.15) is 37.5 Å². The zero-order chi connectivity index (χ0) is 14.9. The molecular weight excluding hydrogens is 250 g/mol. The maximum Gasteiger partial charge on any atom is 0.123 e. The number of phenols is 1. The lowest BCUT2D eigenvalue weighted by Crippen LogP contribution is -2.21. The van der Waals surface area contributed by atoms with Crippen LogP contribution in [0.4, 0.5) is 5.69 Å². The minimum atomic E-state index is -0.00368. The van der Waals surface area contributed by atoms with E-state index < -0.39 is 0 Å². The van der Waals surface area contributed by atoms with Crippen molar-refractivity contribution in [1.82, 2.24) is 9.78 Å². The number of rotatable bonds is 3. The molecule has 0 amide bonds. The average molecular weight is 273 g/mol. The standard InChI is InChI=1S/C16H23N3O/c1-11-6-7-14(12(2)15(11)20)17-8-13-9-18-19(10-13)16(3,4)5/h6-7,9-10,17,20H,8H2,1-5H3. The van der Waals surface area contributed by atoms with Gasteiger partial charge in [0.05, 0.1) is 11.7 Å². The van der Waals surface area contributed by atoms with E-state index in [1.807, 2.05) is 36.9 Å². The molecule has 4 nitrogen and oxygen atoms in total. The molecule has 0 aliphatic heterocycles. The molecular formula is C16H23N3O. The first-order valence-electron chi connectivity index (χ1n) is 6.86. The number of hydrogen-bond donors (Lipinski definition) is 2. The van der Waals surface area contributed by atoms with Crippen LogP contribution >= 0.6 is 0 Å². The minimum absolute atomic E-state index is 0.00368. The Bertz CT molecular complexity index is 609. The lowest BCUT2D eigenvalue weighted by atomic mass is 10.1. The summed E-state index contributed by atoms with van der Waals surface area (Å²) in [4.78, 5) is 0. The van der Waals surface area contributed by atoms with Crippen molar-refractivity contribution >= 4 is 5.69 Å². The van der Waals surface area contributed by atoms with Crippen LogP contribution in [0.3, 0.4) is 0 Å². The molecule has 4 heteroatoms. The average Bonchev–Trinajstić information content (AvgIpc) is 2.84. The molecule has 0 atom stereocenters. The van der Waals surface area contributed by atoms with Crippen LogP contribution < -0.4 is 5.32 Å². The predicted molar refractivity (Wildman–Crippen MR) is 82.1 cm³/mol. The zero-order valence-corrected chi connectivity index (χ0v) is 12.9. The SMILES string of the molecule is Cc1ccc(NCc2cnn(C(C)(C)C)c2)c(C)c1O. The fraction of sp³-hybridized carbons (Fsp3) is 0.438. The van der Waals surface area contributed by atoms with Gasteiger partial charge in [-0.25, -0.2) is 0 Å². The van der Waals surface area contributed by atoms with Gasteiger partial charge in [-0.1, -0.05) is 6.07 Å². The number of phenolic OH excluding ortho intramolecular Hbond substituents is 1. The molecule has 0 saturated carbocycles. The van der Waals surface area contributed by atoms with Gasteiger partial charge in [-0.15, -0.1) is 0 Å². The molecule has 0 unspecified atom stereocenters. The molecule has 1 aromatic heterocycles. The summed E-state index contributed by atoms with van der Waals surface area (Å²) >= 11 is 0. The van der Waals surface area contributed by atoms with Gasteiger partial charge in [0.15, 0.2) is 0 Å². The van der Waals surface area contributed by atoms with Crippen molar-refractivity contribution in [2.24, 2.45) is 0 Å². The van der Waals surface area contributed by atoms with Gasteiger partial charge < -0.3 is 10.4 Å². The van der Waals surface area contributed by atoms with Gasteiger partial charge in [0.25, 0.3) is 0 Å². The van der Waals surface area contributed by atoms with Gasteiger partial charge in [0.1, 0.15) is 5.75 Å². The van der Waals surface area contributed by atoms with Gasteiger partial charge in [0.2, 0.25) is 0 Å². The Balaban J connectivity index is 2.10. The molecule has 1 aromatic carbocycles. The first-order valence-corrected chi connectivity index (χ1v) is 6.86. The third kappa shape index (κ3) is 2.95. The molecule has 0 fully saturated rings. The molecule has 2 N–H and O–H groups in total. The Morgan fingerprint density at radius 3 is 2.55 bits per heavy atom. The largest absolute Gasteiger partial charge is 0.507 e. The van der Waals surface area contributed by atoms with E-state index in [1.165, 1.54) is 0 Å². The molecule has 20 heavy (non-hydrogen) atoms. The lowest BCUT2D eigenvalue weighted by molar-refractivity contribution is 0.355. The second-order valence-electron chi connectivity index (χ2n) is 6.22. The van der Waals surface area contributed by atoms with Crippen molar-refractivity contribution in [3.05, 3.63) is 41.2 Å². The summed E-state index contributed by atoms with van der Waals surface area (Å²) in [5, 5.41) is 17.7. The third-order valence-electron chi connectivity index (χ3n) is 3.44. The highest BCUT2D eigenvalue weighted by Gasteiger charge is 2.14. The molecule has 0 aliphatic rings. The van der Waals surface area contributed by atoms with Crippen LogP contribution in [0.15, 0.2) is 24.5 Å². The topological polar surface area (TPSA) is 50.1 Å². The van der Waals surface area contributed by atoms with Crippen LogP contribution in [0.2, 0.25) is 0 Å². The fourth-order valence-corrected chi connectivity index (χ4v) is 2.04. The molecule has 1 heterocycles. The maximum atomic E-state index is 9.94. The van der Waals surface area contributed by atoms with E-state index in [-0.39, 0.29) is 5.54 Å². The predicted octanol–water partition coefficient (Wildman–Crippen LogP) is 3.57. The Labute approximate surface area is 120 Å². The quantitative estimate of drug-likeness (QED) is 0.898. The van der Waals surface area contributed by atoms with Gasteiger partial charge in [0, 0.05) is 29.6 Å². The highest BCUT2D eigenvalue weighted by molar-refractivity contribution is 5.59. The van der Waals surface area contributed by atoms with E-state index in [1.54, 1.807) is 0 Å². The molecule has 0 spiro atoms. The Hall–Kier alpha value is -1.97. The van der Waals surface area contributed by atoms with Crippen molar-refractivity contribution in [3.8, 4) is 5.75 Å². The number of benzene rings is 1. The molecule has 2 aromatic rings. The number of aryl methyl sites for hydroxylation is 1. The van der Waals surface area contributed by atoms with E-state index in [0.29, 0.717) is 12.3 Å². The maximum absolute atomic E-state index is 9.94. The number of anilines is 1. The van der Waals surface area contributed by atoms with Crippen molar-refractivity contribution in [2.45, 2.75) is 46.7 Å². The zero-order valence-electron chi connectivity index (χ0n) is 12.9. The van der Waals surface area contributed by atoms with Crippen molar-refractivity contribution in [2.75, 3.05) is 5.32 Å². The van der Waals surface area contributed by atoms with Crippen LogP contribution in [0.25, 0.3) is 0 Å². The Morgan fingerprint density at radius 1 is 1.25 bits per heavy atom. The molecule has 108 valence electrons. The third-order valence-corrected chi connectivity index (χ3v) is 3.44. The first-order chi connectivity index (χ1) is 9.29. The molecule has 2 rings (SSSR count). The van der Waals surface area contributed by atoms with Crippen LogP contribution in [-0.2, 0) is 12.1 Å². The smallest absolute Gasteiger partial charge is 0.123 e. The van der Waals surface area contributed by atoms with E-state index >= 15 is 0 Å². The van der Waals surface area contributed by atoms with E-state index in [2.05, 4.69) is 37.4 Å². The highest BCUT2D eigenvalue weighted by atomic mass is 16.3. The van der Waals surface area contributed by atoms with Crippen molar-refractivity contribution in [3.63, 3.8) is 0 Å². The molecule has 0 aliphatic carbocycles. The normalized spacial score (nSPS) is 11.7. The van der Waals surface area contributed by atoms with Crippen LogP contribution in [0, 0.1) is 13.8 Å². The van der Waals surface area contributed by atoms with Gasteiger partial charge in [-0.05, 0) is 46.2 Å². The van der Waals surface area contributed by atoms with E-state index in [4.69, 9.17) is 0 Å². The van der Waals surface area contributed by atoms with Crippen molar-refractivity contribution < 1.29 is 5.11 Å². The Morgan fingerprint density at radius 2 is 1.95 bits per heavy atom. The summed E-state index contributed by atoms with van der Waals surface area (Å²) in [5.41, 5.74) is 3.86. The summed E-state index contributed by atoms with van der Waals surface area (Å²) in [6.07, 6.45) is 3.93. The van der Waals surface area contributed by atoms with Gasteiger partial charge in [-0.2, -0.15) is 5.10 Å². The monoisotopic (exact) mass is 273 g/mol. The van der Waals surface area contributed by atoms with Gasteiger partial charge >= 0.3 is 0 Å². The number of nitrogens with zero attached hydrogens (tertiary/aromatic N) is 2. The number of nitrogens with one attached hydrogen (secondary N) is 1. The first kappa shape index (κ1) is 14.4. The van der Waals surface area contributed by atoms with Crippen LogP contribution in [0.5, 0.6) is 5.75 Å². The van der Waals surface area contributed by atoms with E-state index in [0.717, 1.165) is 22.4 Å². The number of aromatic hydroxyl groups is 1. The summed E-state index contributed by atoms with van der Waals surface area (Å²) in [6.45, 7) is 10.9. The van der Waals surface area contributed by atoms with E-state index in [9.17, 15) is 5.11 Å². The molecule has 0 bridgehead atoms. The van der Waals surface area contributed by atoms with Gasteiger partial charge in [-0.3, -0.25) is 4.68 Å². The Kier molecular flexibility index (Phi) is 3.75. The molecule has 0 saturated heterocycles. The van der Waals surface area contributed by atoms with Crippen LogP contribution in [-0.4, -0.2) is 14.9 Å². The lowest BCUT2D eigenvalue weighted by Gasteiger charge is -2.18. The fourth-order valence-electron chi connectivity index (χ4n) is 2.04. The second kappa shape index (κ2) is 5.19. The summed E-state index contributed by atoms with van der Waals surface area (Å²) in [7, 11) is 0. The summed E-state index contributed by atoms with van der Waals surface area (Å²) in [5.74, 6) is 0.361. The summed E-state index contributed by atoms with van der Waals surface area (Å²) in [6, 6.07) is 3.92. The molecule has 0 radical (unpaired) electrons. The highest BCUT2D eigenvalue weighted by Crippen LogP contribution is 2.28.